The molecule has 0 aliphatic carbocycles. The van der Waals surface area contributed by atoms with Gasteiger partial charge < -0.3 is 5.32 Å². The Bertz CT molecular complexity index is 322. The molecule has 2 unspecified atom stereocenters. The number of rotatable bonds is 6. The molecule has 1 heterocycles. The Hall–Kier alpha value is -0.480. The van der Waals surface area contributed by atoms with Crippen molar-refractivity contribution < 1.29 is 0 Å². The number of nitrogens with one attached hydrogen (secondary N) is 1. The maximum absolute atomic E-state index is 4.27. The van der Waals surface area contributed by atoms with Gasteiger partial charge in [0.15, 0.2) is 0 Å². The van der Waals surface area contributed by atoms with Crippen LogP contribution in [-0.4, -0.2) is 28.3 Å². The van der Waals surface area contributed by atoms with E-state index in [-0.39, 0.29) is 0 Å². The molecule has 0 bridgehead atoms. The summed E-state index contributed by atoms with van der Waals surface area (Å²) < 4.78 is 1.93. The fraction of sp³-hybridized carbons (Fsp3) is 0.750. The van der Waals surface area contributed by atoms with Crippen LogP contribution < -0.4 is 5.32 Å². The molecule has 1 aromatic rings. The summed E-state index contributed by atoms with van der Waals surface area (Å²) in [6.07, 6.45) is 4.12. The van der Waals surface area contributed by atoms with E-state index in [9.17, 15) is 0 Å². The van der Waals surface area contributed by atoms with Crippen LogP contribution in [0.5, 0.6) is 0 Å². The van der Waals surface area contributed by atoms with E-state index in [1.165, 1.54) is 17.0 Å². The van der Waals surface area contributed by atoms with Gasteiger partial charge in [0, 0.05) is 24.3 Å². The molecule has 0 saturated heterocycles. The van der Waals surface area contributed by atoms with Crippen LogP contribution in [0.2, 0.25) is 0 Å². The maximum Gasteiger partial charge on any atom is 0.0540 e. The van der Waals surface area contributed by atoms with Crippen molar-refractivity contribution >= 4 is 11.8 Å². The Balaban J connectivity index is 2.46. The first kappa shape index (κ1) is 13.6. The lowest BCUT2D eigenvalue weighted by Crippen LogP contribution is -2.25. The maximum atomic E-state index is 4.27. The topological polar surface area (TPSA) is 29.9 Å². The zero-order valence-corrected chi connectivity index (χ0v) is 11.8. The molecule has 4 heteroatoms. The van der Waals surface area contributed by atoms with E-state index in [1.807, 2.05) is 29.7 Å². The van der Waals surface area contributed by atoms with Crippen molar-refractivity contribution in [2.45, 2.75) is 26.8 Å². The largest absolute Gasteiger partial charge is 0.310 e. The Kier molecular flexibility index (Phi) is 5.35. The molecule has 0 spiro atoms. The average molecular weight is 241 g/mol. The first-order valence-electron chi connectivity index (χ1n) is 5.77. The smallest absolute Gasteiger partial charge is 0.0540 e. The standard InChI is InChI=1S/C12H23N3S/c1-9(8-16-5)6-13-10(2)12-7-14-15(4)11(12)3/h7,9-10,13H,6,8H2,1-5H3. The molecular weight excluding hydrogens is 218 g/mol. The van der Waals surface area contributed by atoms with Crippen molar-refractivity contribution in [1.29, 1.82) is 0 Å². The molecule has 0 aliphatic heterocycles. The zero-order chi connectivity index (χ0) is 12.1. The summed E-state index contributed by atoms with van der Waals surface area (Å²) in [5.74, 6) is 1.93. The highest BCUT2D eigenvalue weighted by atomic mass is 32.2. The van der Waals surface area contributed by atoms with Crippen molar-refractivity contribution in [3.8, 4) is 0 Å². The van der Waals surface area contributed by atoms with Crippen LogP contribution in [0.15, 0.2) is 6.20 Å². The normalized spacial score (nSPS) is 15.1. The predicted molar refractivity (Wildman–Crippen MR) is 71.9 cm³/mol. The van der Waals surface area contributed by atoms with Crippen LogP contribution in [0, 0.1) is 12.8 Å². The Morgan fingerprint density at radius 2 is 2.19 bits per heavy atom. The van der Waals surface area contributed by atoms with Gasteiger partial charge in [-0.15, -0.1) is 0 Å². The third kappa shape index (κ3) is 3.52. The molecule has 0 fully saturated rings. The molecule has 2 atom stereocenters. The van der Waals surface area contributed by atoms with Crippen molar-refractivity contribution in [2.75, 3.05) is 18.6 Å². The highest BCUT2D eigenvalue weighted by Crippen LogP contribution is 2.16. The van der Waals surface area contributed by atoms with Gasteiger partial charge in [0.25, 0.3) is 0 Å². The van der Waals surface area contributed by atoms with E-state index >= 15 is 0 Å². The second-order valence-electron chi connectivity index (χ2n) is 4.50. The Labute approximate surface area is 103 Å². The molecular formula is C12H23N3S. The summed E-state index contributed by atoms with van der Waals surface area (Å²) >= 11 is 1.91. The first-order chi connectivity index (χ1) is 7.56. The summed E-state index contributed by atoms with van der Waals surface area (Å²) in [6.45, 7) is 7.67. The van der Waals surface area contributed by atoms with Gasteiger partial charge >= 0.3 is 0 Å². The Morgan fingerprint density at radius 3 is 2.69 bits per heavy atom. The molecule has 0 radical (unpaired) electrons. The second-order valence-corrected chi connectivity index (χ2v) is 5.41. The summed E-state index contributed by atoms with van der Waals surface area (Å²) in [7, 11) is 1.99. The lowest BCUT2D eigenvalue weighted by Gasteiger charge is -2.17. The molecule has 0 saturated carbocycles. The number of aryl methyl sites for hydroxylation is 1. The average Bonchev–Trinajstić information content (AvgIpc) is 2.57. The molecule has 3 nitrogen and oxygen atoms in total. The van der Waals surface area contributed by atoms with Crippen molar-refractivity contribution in [2.24, 2.45) is 13.0 Å². The van der Waals surface area contributed by atoms with Gasteiger partial charge in [-0.1, -0.05) is 6.92 Å². The zero-order valence-electron chi connectivity index (χ0n) is 10.9. The second kappa shape index (κ2) is 6.30. The van der Waals surface area contributed by atoms with Gasteiger partial charge in [0.2, 0.25) is 0 Å². The predicted octanol–water partition coefficient (Wildman–Crippen LogP) is 2.38. The molecule has 1 N–H and O–H groups in total. The SMILES string of the molecule is CSCC(C)CNC(C)c1cnn(C)c1C. The van der Waals surface area contributed by atoms with Crippen LogP contribution in [0.4, 0.5) is 0 Å². The first-order valence-corrected chi connectivity index (χ1v) is 7.16. The minimum atomic E-state index is 0.387. The molecule has 0 amide bonds. The lowest BCUT2D eigenvalue weighted by atomic mass is 10.1. The van der Waals surface area contributed by atoms with Gasteiger partial charge in [0.1, 0.15) is 0 Å². The third-order valence-corrected chi connectivity index (χ3v) is 3.87. The minimum Gasteiger partial charge on any atom is -0.310 e. The fourth-order valence-corrected chi connectivity index (χ4v) is 2.46. The number of thioether (sulfide) groups is 1. The fourth-order valence-electron chi connectivity index (χ4n) is 1.77. The highest BCUT2D eigenvalue weighted by molar-refractivity contribution is 7.98. The van der Waals surface area contributed by atoms with E-state index in [4.69, 9.17) is 0 Å². The summed E-state index contributed by atoms with van der Waals surface area (Å²) in [6, 6.07) is 0.387. The molecule has 0 aliphatic rings. The molecule has 92 valence electrons. The van der Waals surface area contributed by atoms with Crippen molar-refractivity contribution in [1.82, 2.24) is 15.1 Å². The summed E-state index contributed by atoms with van der Waals surface area (Å²) in [5.41, 5.74) is 2.55. The third-order valence-electron chi connectivity index (χ3n) is 2.96. The number of hydrogen-bond donors (Lipinski definition) is 1. The van der Waals surface area contributed by atoms with Crippen LogP contribution in [-0.2, 0) is 7.05 Å². The molecule has 0 aromatic carbocycles. The molecule has 16 heavy (non-hydrogen) atoms. The summed E-state index contributed by atoms with van der Waals surface area (Å²) in [5, 5.41) is 7.84. The highest BCUT2D eigenvalue weighted by Gasteiger charge is 2.12. The monoisotopic (exact) mass is 241 g/mol. The lowest BCUT2D eigenvalue weighted by molar-refractivity contribution is 0.499. The van der Waals surface area contributed by atoms with E-state index in [0.29, 0.717) is 6.04 Å². The quantitative estimate of drug-likeness (QED) is 0.829. The van der Waals surface area contributed by atoms with E-state index in [0.717, 1.165) is 12.5 Å². The molecule has 1 aromatic heterocycles. The van der Waals surface area contributed by atoms with E-state index in [1.54, 1.807) is 0 Å². The van der Waals surface area contributed by atoms with Gasteiger partial charge in [-0.25, -0.2) is 0 Å². The van der Waals surface area contributed by atoms with Crippen molar-refractivity contribution in [3.63, 3.8) is 0 Å². The van der Waals surface area contributed by atoms with Gasteiger partial charge in [0.05, 0.1) is 6.20 Å². The van der Waals surface area contributed by atoms with Crippen LogP contribution >= 0.6 is 11.8 Å². The minimum absolute atomic E-state index is 0.387. The summed E-state index contributed by atoms with van der Waals surface area (Å²) in [4.78, 5) is 0. The Morgan fingerprint density at radius 1 is 1.50 bits per heavy atom. The van der Waals surface area contributed by atoms with Gasteiger partial charge in [-0.05, 0) is 38.3 Å². The number of hydrogen-bond acceptors (Lipinski definition) is 3. The van der Waals surface area contributed by atoms with Crippen molar-refractivity contribution in [3.05, 3.63) is 17.5 Å². The van der Waals surface area contributed by atoms with E-state index < -0.39 is 0 Å². The molecule has 1 rings (SSSR count). The van der Waals surface area contributed by atoms with Crippen LogP contribution in [0.25, 0.3) is 0 Å². The van der Waals surface area contributed by atoms with Crippen LogP contribution in [0.3, 0.4) is 0 Å². The number of aromatic nitrogens is 2. The van der Waals surface area contributed by atoms with Gasteiger partial charge in [-0.2, -0.15) is 16.9 Å². The van der Waals surface area contributed by atoms with Gasteiger partial charge in [-0.3, -0.25) is 4.68 Å². The van der Waals surface area contributed by atoms with E-state index in [2.05, 4.69) is 37.4 Å². The number of nitrogens with zero attached hydrogens (tertiary/aromatic N) is 2. The van der Waals surface area contributed by atoms with Crippen LogP contribution in [0.1, 0.15) is 31.1 Å².